The first-order valence-electron chi connectivity index (χ1n) is 6.32. The molecule has 0 aromatic heterocycles. The van der Waals surface area contributed by atoms with Gasteiger partial charge in [0, 0.05) is 11.1 Å². The maximum absolute atomic E-state index is 13.9. The number of benzene rings is 2. The van der Waals surface area contributed by atoms with Crippen LogP contribution in [0, 0.1) is 5.82 Å². The van der Waals surface area contributed by atoms with Crippen molar-refractivity contribution in [3.05, 3.63) is 71.0 Å². The highest BCUT2D eigenvalue weighted by atomic mass is 32.1. The topological polar surface area (TPSA) is 35.2 Å². The van der Waals surface area contributed by atoms with E-state index in [0.717, 1.165) is 5.56 Å². The molecule has 2 rings (SSSR count). The quantitative estimate of drug-likeness (QED) is 0.852. The Balaban J connectivity index is 2.02. The van der Waals surface area contributed by atoms with Gasteiger partial charge in [-0.1, -0.05) is 54.7 Å². The van der Waals surface area contributed by atoms with E-state index in [1.807, 2.05) is 37.3 Å². The first kappa shape index (κ1) is 14.6. The minimum absolute atomic E-state index is 0.0918. The van der Waals surface area contributed by atoms with Crippen molar-refractivity contribution < 1.29 is 9.13 Å². The van der Waals surface area contributed by atoms with E-state index in [4.69, 9.17) is 22.7 Å². The van der Waals surface area contributed by atoms with Crippen molar-refractivity contribution in [1.82, 2.24) is 0 Å². The summed E-state index contributed by atoms with van der Waals surface area (Å²) >= 11 is 4.81. The van der Waals surface area contributed by atoms with Gasteiger partial charge in [0.05, 0.1) is 12.7 Å². The lowest BCUT2D eigenvalue weighted by Crippen LogP contribution is -2.10. The van der Waals surface area contributed by atoms with Crippen molar-refractivity contribution in [3.63, 3.8) is 0 Å². The minimum Gasteiger partial charge on any atom is -0.389 e. The summed E-state index contributed by atoms with van der Waals surface area (Å²) in [6.45, 7) is 2.15. The van der Waals surface area contributed by atoms with E-state index in [9.17, 15) is 4.39 Å². The number of rotatable bonds is 5. The molecule has 2 aromatic rings. The van der Waals surface area contributed by atoms with Crippen LogP contribution in [0.1, 0.15) is 29.7 Å². The van der Waals surface area contributed by atoms with E-state index in [2.05, 4.69) is 0 Å². The summed E-state index contributed by atoms with van der Waals surface area (Å²) in [6.07, 6.45) is -0.0918. The van der Waals surface area contributed by atoms with Crippen molar-refractivity contribution in [2.75, 3.05) is 0 Å². The smallest absolute Gasteiger partial charge is 0.129 e. The van der Waals surface area contributed by atoms with Gasteiger partial charge in [-0.15, -0.1) is 0 Å². The standard InChI is InChI=1S/C16H16FNOS/c1-11(12-5-3-2-4-6-12)19-10-14-8-7-13(16(18)20)9-15(14)17/h2-9,11H,10H2,1H3,(H2,18,20). The summed E-state index contributed by atoms with van der Waals surface area (Å²) in [6, 6.07) is 14.5. The van der Waals surface area contributed by atoms with Gasteiger partial charge in [-0.25, -0.2) is 4.39 Å². The monoisotopic (exact) mass is 289 g/mol. The highest BCUT2D eigenvalue weighted by Crippen LogP contribution is 2.19. The second-order valence-corrected chi connectivity index (χ2v) is 4.97. The van der Waals surface area contributed by atoms with Crippen LogP contribution in [-0.4, -0.2) is 4.99 Å². The molecule has 0 aliphatic rings. The number of nitrogens with two attached hydrogens (primary N) is 1. The molecule has 4 heteroatoms. The minimum atomic E-state index is -0.351. The number of hydrogen-bond acceptors (Lipinski definition) is 2. The SMILES string of the molecule is CC(OCc1ccc(C(N)=S)cc1F)c1ccccc1. The van der Waals surface area contributed by atoms with Crippen LogP contribution in [0.15, 0.2) is 48.5 Å². The van der Waals surface area contributed by atoms with E-state index in [-0.39, 0.29) is 23.5 Å². The van der Waals surface area contributed by atoms with Gasteiger partial charge in [0.2, 0.25) is 0 Å². The average Bonchev–Trinajstić information content (AvgIpc) is 2.46. The molecule has 0 saturated carbocycles. The Labute approximate surface area is 123 Å². The molecule has 104 valence electrons. The van der Waals surface area contributed by atoms with Gasteiger partial charge in [0.15, 0.2) is 0 Å². The molecule has 0 amide bonds. The van der Waals surface area contributed by atoms with Crippen LogP contribution in [0.5, 0.6) is 0 Å². The highest BCUT2D eigenvalue weighted by molar-refractivity contribution is 7.80. The van der Waals surface area contributed by atoms with Crippen molar-refractivity contribution in [1.29, 1.82) is 0 Å². The molecule has 0 bridgehead atoms. The molecule has 20 heavy (non-hydrogen) atoms. The fraction of sp³-hybridized carbons (Fsp3) is 0.188. The zero-order valence-electron chi connectivity index (χ0n) is 11.2. The average molecular weight is 289 g/mol. The zero-order chi connectivity index (χ0) is 14.5. The number of ether oxygens (including phenoxy) is 1. The third kappa shape index (κ3) is 3.62. The Kier molecular flexibility index (Phi) is 4.82. The molecular weight excluding hydrogens is 273 g/mol. The molecule has 2 N–H and O–H groups in total. The predicted molar refractivity (Wildman–Crippen MR) is 81.9 cm³/mol. The molecule has 0 heterocycles. The first-order valence-corrected chi connectivity index (χ1v) is 6.73. The number of halogens is 1. The first-order chi connectivity index (χ1) is 9.58. The summed E-state index contributed by atoms with van der Waals surface area (Å²) in [5.74, 6) is -0.351. The number of hydrogen-bond donors (Lipinski definition) is 1. The van der Waals surface area contributed by atoms with Crippen LogP contribution in [0.4, 0.5) is 4.39 Å². The lowest BCUT2D eigenvalue weighted by Gasteiger charge is -2.14. The zero-order valence-corrected chi connectivity index (χ0v) is 12.0. The molecule has 2 aromatic carbocycles. The second-order valence-electron chi connectivity index (χ2n) is 4.53. The van der Waals surface area contributed by atoms with Crippen molar-refractivity contribution in [3.8, 4) is 0 Å². The molecule has 0 radical (unpaired) electrons. The Morgan fingerprint density at radius 2 is 1.95 bits per heavy atom. The lowest BCUT2D eigenvalue weighted by atomic mass is 10.1. The van der Waals surface area contributed by atoms with Crippen LogP contribution >= 0.6 is 12.2 Å². The van der Waals surface area contributed by atoms with Crippen LogP contribution < -0.4 is 5.73 Å². The van der Waals surface area contributed by atoms with E-state index >= 15 is 0 Å². The molecule has 0 aliphatic heterocycles. The van der Waals surface area contributed by atoms with E-state index < -0.39 is 0 Å². The van der Waals surface area contributed by atoms with E-state index in [0.29, 0.717) is 11.1 Å². The van der Waals surface area contributed by atoms with Crippen LogP contribution in [0.2, 0.25) is 0 Å². The van der Waals surface area contributed by atoms with Crippen LogP contribution in [-0.2, 0) is 11.3 Å². The molecule has 0 saturated heterocycles. The van der Waals surface area contributed by atoms with Gasteiger partial charge < -0.3 is 10.5 Å². The maximum Gasteiger partial charge on any atom is 0.129 e. The summed E-state index contributed by atoms with van der Waals surface area (Å²) < 4.78 is 19.6. The van der Waals surface area contributed by atoms with Gasteiger partial charge in [-0.05, 0) is 18.6 Å². The van der Waals surface area contributed by atoms with Gasteiger partial charge in [-0.2, -0.15) is 0 Å². The van der Waals surface area contributed by atoms with Crippen molar-refractivity contribution >= 4 is 17.2 Å². The van der Waals surface area contributed by atoms with Gasteiger partial charge in [-0.3, -0.25) is 0 Å². The van der Waals surface area contributed by atoms with Crippen molar-refractivity contribution in [2.24, 2.45) is 5.73 Å². The third-order valence-electron chi connectivity index (χ3n) is 3.10. The fourth-order valence-corrected chi connectivity index (χ4v) is 1.98. The highest BCUT2D eigenvalue weighted by Gasteiger charge is 2.09. The molecule has 0 spiro atoms. The van der Waals surface area contributed by atoms with Crippen LogP contribution in [0.3, 0.4) is 0 Å². The molecule has 0 aliphatic carbocycles. The Bertz CT molecular complexity index is 601. The Hall–Kier alpha value is -1.78. The van der Waals surface area contributed by atoms with E-state index in [1.165, 1.54) is 6.07 Å². The predicted octanol–water partition coefficient (Wildman–Crippen LogP) is 3.74. The molecule has 1 unspecified atom stereocenters. The van der Waals surface area contributed by atoms with Crippen LogP contribution in [0.25, 0.3) is 0 Å². The Morgan fingerprint density at radius 3 is 2.55 bits per heavy atom. The van der Waals surface area contributed by atoms with E-state index in [1.54, 1.807) is 12.1 Å². The van der Waals surface area contributed by atoms with Gasteiger partial charge in [0.1, 0.15) is 10.8 Å². The lowest BCUT2D eigenvalue weighted by molar-refractivity contribution is 0.0509. The summed E-state index contributed by atoms with van der Waals surface area (Å²) in [5.41, 5.74) is 7.55. The Morgan fingerprint density at radius 1 is 1.25 bits per heavy atom. The fourth-order valence-electron chi connectivity index (χ4n) is 1.85. The molecule has 2 nitrogen and oxygen atoms in total. The van der Waals surface area contributed by atoms with Gasteiger partial charge >= 0.3 is 0 Å². The summed E-state index contributed by atoms with van der Waals surface area (Å²) in [5, 5.41) is 0. The molecular formula is C16H16FNOS. The summed E-state index contributed by atoms with van der Waals surface area (Å²) in [4.78, 5) is 0.189. The van der Waals surface area contributed by atoms with Crippen molar-refractivity contribution in [2.45, 2.75) is 19.6 Å². The maximum atomic E-state index is 13.9. The molecule has 1 atom stereocenters. The normalized spacial score (nSPS) is 12.1. The van der Waals surface area contributed by atoms with Gasteiger partial charge in [0.25, 0.3) is 0 Å². The largest absolute Gasteiger partial charge is 0.389 e. The second kappa shape index (κ2) is 6.59. The molecule has 0 fully saturated rings. The number of thiocarbonyl (C=S) groups is 1. The summed E-state index contributed by atoms with van der Waals surface area (Å²) in [7, 11) is 0. The third-order valence-corrected chi connectivity index (χ3v) is 3.33.